The van der Waals surface area contributed by atoms with Crippen LogP contribution in [0.2, 0.25) is 0 Å². The lowest BCUT2D eigenvalue weighted by Crippen LogP contribution is -2.21. The quantitative estimate of drug-likeness (QED) is 0.174. The molecule has 0 fully saturated rings. The van der Waals surface area contributed by atoms with Crippen molar-refractivity contribution in [2.75, 3.05) is 6.61 Å². The molecule has 0 saturated carbocycles. The summed E-state index contributed by atoms with van der Waals surface area (Å²) >= 11 is 1.38. The second-order valence-corrected chi connectivity index (χ2v) is 8.75. The van der Waals surface area contributed by atoms with Gasteiger partial charge in [0.25, 0.3) is 5.56 Å². The van der Waals surface area contributed by atoms with Crippen LogP contribution in [-0.2, 0) is 10.5 Å². The zero-order valence-corrected chi connectivity index (χ0v) is 19.6. The fourth-order valence-corrected chi connectivity index (χ4v) is 4.91. The summed E-state index contributed by atoms with van der Waals surface area (Å²) in [7, 11) is 0. The summed E-state index contributed by atoms with van der Waals surface area (Å²) in [6.07, 6.45) is 0. The maximum atomic E-state index is 13.5. The van der Waals surface area contributed by atoms with Crippen LogP contribution in [0.4, 0.5) is 0 Å². The van der Waals surface area contributed by atoms with Gasteiger partial charge < -0.3 is 9.15 Å². The zero-order valence-electron chi connectivity index (χ0n) is 18.8. The number of thioether (sulfide) groups is 1. The summed E-state index contributed by atoms with van der Waals surface area (Å²) in [5.74, 6) is 0.0548. The molecule has 0 aliphatic carbocycles. The lowest BCUT2D eigenvalue weighted by molar-refractivity contribution is 0.0491. The van der Waals surface area contributed by atoms with Crippen molar-refractivity contribution in [3.05, 3.63) is 100 Å². The third-order valence-corrected chi connectivity index (χ3v) is 6.51. The molecule has 0 saturated heterocycles. The van der Waals surface area contributed by atoms with Crippen molar-refractivity contribution in [3.8, 4) is 5.69 Å². The number of fused-ring (bicyclic) bond motifs is 2. The van der Waals surface area contributed by atoms with Crippen molar-refractivity contribution in [1.82, 2.24) is 9.55 Å². The van der Waals surface area contributed by atoms with E-state index in [2.05, 4.69) is 0 Å². The summed E-state index contributed by atoms with van der Waals surface area (Å²) in [5.41, 5.74) is 3.66. The molecule has 0 aliphatic heterocycles. The molecular formula is C27H22N2O4S. The van der Waals surface area contributed by atoms with Crippen LogP contribution < -0.4 is 5.56 Å². The predicted molar refractivity (Wildman–Crippen MR) is 134 cm³/mol. The number of carbonyl (C=O) groups excluding carboxylic acids is 1. The van der Waals surface area contributed by atoms with Gasteiger partial charge in [0.05, 0.1) is 23.2 Å². The van der Waals surface area contributed by atoms with Crippen molar-refractivity contribution >= 4 is 39.6 Å². The molecule has 3 aromatic carbocycles. The van der Waals surface area contributed by atoms with Crippen molar-refractivity contribution in [2.45, 2.75) is 24.8 Å². The number of carbonyl (C=O) groups is 1. The minimum absolute atomic E-state index is 0.139. The lowest BCUT2D eigenvalue weighted by Gasteiger charge is -2.13. The van der Waals surface area contributed by atoms with Crippen LogP contribution in [0.5, 0.6) is 0 Å². The van der Waals surface area contributed by atoms with Gasteiger partial charge in [0.1, 0.15) is 5.58 Å². The number of aromatic nitrogens is 2. The highest BCUT2D eigenvalue weighted by atomic mass is 32.2. The molecule has 5 rings (SSSR count). The molecule has 0 bridgehead atoms. The normalized spacial score (nSPS) is 11.2. The maximum absolute atomic E-state index is 13.5. The number of benzene rings is 3. The minimum Gasteiger partial charge on any atom is -0.460 e. The smallest absolute Gasteiger partial charge is 0.374 e. The van der Waals surface area contributed by atoms with Crippen LogP contribution in [0.15, 0.2) is 87.2 Å². The fourth-order valence-electron chi connectivity index (χ4n) is 3.87. The van der Waals surface area contributed by atoms with Gasteiger partial charge in [0, 0.05) is 16.7 Å². The first-order chi connectivity index (χ1) is 16.6. The van der Waals surface area contributed by atoms with E-state index in [-0.39, 0.29) is 17.9 Å². The van der Waals surface area contributed by atoms with Gasteiger partial charge in [0.15, 0.2) is 5.16 Å². The Morgan fingerprint density at radius 2 is 1.71 bits per heavy atom. The SMILES string of the molecule is CCOC(=O)c1oc2ccccc2c1CSc1nc2ccccc2c(=O)n1-c1ccc(C)cc1. The number of aryl methyl sites for hydroxylation is 1. The molecular weight excluding hydrogens is 448 g/mol. The largest absolute Gasteiger partial charge is 0.460 e. The van der Waals surface area contributed by atoms with Gasteiger partial charge in [-0.15, -0.1) is 0 Å². The average Bonchev–Trinajstić information content (AvgIpc) is 3.23. The summed E-state index contributed by atoms with van der Waals surface area (Å²) in [4.78, 5) is 30.9. The van der Waals surface area contributed by atoms with Gasteiger partial charge >= 0.3 is 5.97 Å². The number of hydrogen-bond donors (Lipinski definition) is 0. The van der Waals surface area contributed by atoms with Crippen LogP contribution in [0.3, 0.4) is 0 Å². The van der Waals surface area contributed by atoms with E-state index in [1.807, 2.05) is 73.7 Å². The standard InChI is InChI=1S/C27H22N2O4S/c1-3-32-26(31)24-21(19-8-5-7-11-23(19)33-24)16-34-27-28-22-10-6-4-9-20(22)25(30)29(27)18-14-12-17(2)13-15-18/h4-15H,3,16H2,1-2H3. The van der Waals surface area contributed by atoms with Crippen molar-refractivity contribution in [1.29, 1.82) is 0 Å². The monoisotopic (exact) mass is 470 g/mol. The molecule has 2 heterocycles. The third-order valence-electron chi connectivity index (χ3n) is 5.54. The van der Waals surface area contributed by atoms with E-state index in [9.17, 15) is 9.59 Å². The molecule has 0 atom stereocenters. The molecule has 0 aliphatic rings. The molecule has 0 amide bonds. The molecule has 6 nitrogen and oxygen atoms in total. The Balaban J connectivity index is 1.63. The Morgan fingerprint density at radius 1 is 1.00 bits per heavy atom. The molecule has 0 spiro atoms. The van der Waals surface area contributed by atoms with E-state index in [1.54, 1.807) is 17.6 Å². The number of para-hydroxylation sites is 2. The average molecular weight is 471 g/mol. The van der Waals surface area contributed by atoms with E-state index >= 15 is 0 Å². The fraction of sp³-hybridized carbons (Fsp3) is 0.148. The summed E-state index contributed by atoms with van der Waals surface area (Å²) < 4.78 is 12.7. The Hall–Kier alpha value is -3.84. The zero-order chi connectivity index (χ0) is 23.7. The Kier molecular flexibility index (Phi) is 5.94. The van der Waals surface area contributed by atoms with E-state index in [0.29, 0.717) is 27.4 Å². The molecule has 7 heteroatoms. The highest BCUT2D eigenvalue weighted by molar-refractivity contribution is 7.98. The lowest BCUT2D eigenvalue weighted by atomic mass is 10.1. The van der Waals surface area contributed by atoms with Gasteiger partial charge in [-0.3, -0.25) is 9.36 Å². The molecule has 2 aromatic heterocycles. The van der Waals surface area contributed by atoms with Crippen LogP contribution >= 0.6 is 11.8 Å². The second-order valence-electron chi connectivity index (χ2n) is 7.80. The van der Waals surface area contributed by atoms with Crippen LogP contribution in [-0.4, -0.2) is 22.1 Å². The first kappa shape index (κ1) is 22.0. The molecule has 0 unspecified atom stereocenters. The summed E-state index contributed by atoms with van der Waals surface area (Å²) in [5, 5.41) is 1.92. The Bertz CT molecular complexity index is 1570. The van der Waals surface area contributed by atoms with Gasteiger partial charge in [-0.2, -0.15) is 0 Å². The Morgan fingerprint density at radius 3 is 2.47 bits per heavy atom. The molecule has 0 radical (unpaired) electrons. The van der Waals surface area contributed by atoms with Crippen molar-refractivity contribution in [3.63, 3.8) is 0 Å². The first-order valence-electron chi connectivity index (χ1n) is 11.0. The van der Waals surface area contributed by atoms with E-state index < -0.39 is 5.97 Å². The molecule has 34 heavy (non-hydrogen) atoms. The van der Waals surface area contributed by atoms with Crippen molar-refractivity contribution < 1.29 is 13.9 Å². The summed E-state index contributed by atoms with van der Waals surface area (Å²) in [6, 6.07) is 22.6. The predicted octanol–water partition coefficient (Wildman–Crippen LogP) is 5.91. The molecule has 0 N–H and O–H groups in total. The summed E-state index contributed by atoms with van der Waals surface area (Å²) in [6.45, 7) is 4.01. The van der Waals surface area contributed by atoms with Crippen LogP contribution in [0, 0.1) is 6.92 Å². The number of furan rings is 1. The highest BCUT2D eigenvalue weighted by Gasteiger charge is 2.23. The van der Waals surface area contributed by atoms with Crippen LogP contribution in [0.1, 0.15) is 28.6 Å². The van der Waals surface area contributed by atoms with Crippen LogP contribution in [0.25, 0.3) is 27.6 Å². The van der Waals surface area contributed by atoms with E-state index in [1.165, 1.54) is 11.8 Å². The van der Waals surface area contributed by atoms with E-state index in [4.69, 9.17) is 14.1 Å². The minimum atomic E-state index is -0.503. The first-order valence-corrected chi connectivity index (χ1v) is 11.9. The number of ether oxygens (including phenoxy) is 1. The highest BCUT2D eigenvalue weighted by Crippen LogP contribution is 2.33. The topological polar surface area (TPSA) is 74.3 Å². The number of hydrogen-bond acceptors (Lipinski definition) is 6. The molecule has 5 aromatic rings. The van der Waals surface area contributed by atoms with E-state index in [0.717, 1.165) is 22.2 Å². The second kappa shape index (κ2) is 9.19. The number of rotatable bonds is 6. The Labute approximate surface area is 200 Å². The molecule has 170 valence electrons. The number of nitrogens with zero attached hydrogens (tertiary/aromatic N) is 2. The van der Waals surface area contributed by atoms with Crippen molar-refractivity contribution in [2.24, 2.45) is 0 Å². The third kappa shape index (κ3) is 3.99. The van der Waals surface area contributed by atoms with Gasteiger partial charge in [0.2, 0.25) is 5.76 Å². The van der Waals surface area contributed by atoms with Gasteiger partial charge in [-0.1, -0.05) is 59.8 Å². The van der Waals surface area contributed by atoms with Gasteiger partial charge in [-0.25, -0.2) is 9.78 Å². The maximum Gasteiger partial charge on any atom is 0.374 e. The van der Waals surface area contributed by atoms with Gasteiger partial charge in [-0.05, 0) is 44.2 Å². The number of esters is 1.